The molecular formula is C24H27NO3S2. The normalized spacial score (nSPS) is 16.2. The molecular weight excluding hydrogens is 414 g/mol. The summed E-state index contributed by atoms with van der Waals surface area (Å²) in [5.41, 5.74) is 2.17. The lowest BCUT2D eigenvalue weighted by atomic mass is 9.98. The Morgan fingerprint density at radius 1 is 1.13 bits per heavy atom. The van der Waals surface area contributed by atoms with Gasteiger partial charge in [-0.05, 0) is 47.7 Å². The van der Waals surface area contributed by atoms with Gasteiger partial charge in [0, 0.05) is 13.5 Å². The number of likely N-dealkylation sites (N-methyl/N-ethyl adjacent to an activating group) is 1. The fourth-order valence-corrected chi connectivity index (χ4v) is 4.24. The highest BCUT2D eigenvalue weighted by Crippen LogP contribution is 2.32. The summed E-state index contributed by atoms with van der Waals surface area (Å²) in [6.45, 7) is 5.57. The lowest BCUT2D eigenvalue weighted by Crippen LogP contribution is -2.22. The van der Waals surface area contributed by atoms with Gasteiger partial charge in [0.05, 0.1) is 18.1 Å². The Balaban J connectivity index is 1.50. The minimum atomic E-state index is -0.0638. The van der Waals surface area contributed by atoms with Crippen molar-refractivity contribution in [2.24, 2.45) is 0 Å². The molecule has 1 aliphatic heterocycles. The van der Waals surface area contributed by atoms with E-state index in [9.17, 15) is 4.79 Å². The quantitative estimate of drug-likeness (QED) is 0.276. The predicted octanol–water partition coefficient (Wildman–Crippen LogP) is 5.88. The minimum Gasteiger partial charge on any atom is -0.493 e. The third-order valence-electron chi connectivity index (χ3n) is 5.02. The van der Waals surface area contributed by atoms with Crippen LogP contribution in [0.3, 0.4) is 0 Å². The summed E-state index contributed by atoms with van der Waals surface area (Å²) in [5, 5.41) is 0. The fourth-order valence-electron chi connectivity index (χ4n) is 3.06. The first kappa shape index (κ1) is 22.4. The molecule has 1 fully saturated rings. The lowest BCUT2D eigenvalue weighted by Gasteiger charge is -2.15. The Morgan fingerprint density at radius 3 is 2.63 bits per heavy atom. The molecule has 158 valence electrons. The standard InChI is InChI=1S/C24H27NO3S2/c1-4-17(2)20-11-5-6-12-21(20)28-14-8-13-27-19-10-7-9-18(15-19)16-22-23(26)25(3)24(29)30-22/h5-7,9-12,15-17H,4,8,13-14H2,1-3H3/b22-16-/t17-/m1/s1. The Hall–Kier alpha value is -2.31. The number of hydrogen-bond acceptors (Lipinski definition) is 5. The van der Waals surface area contributed by atoms with Crippen LogP contribution in [0, 0.1) is 0 Å². The molecule has 0 spiro atoms. The van der Waals surface area contributed by atoms with Gasteiger partial charge in [-0.25, -0.2) is 0 Å². The zero-order valence-corrected chi connectivity index (χ0v) is 19.2. The van der Waals surface area contributed by atoms with Crippen molar-refractivity contribution in [1.29, 1.82) is 0 Å². The first-order valence-electron chi connectivity index (χ1n) is 10.2. The van der Waals surface area contributed by atoms with Crippen LogP contribution in [0.15, 0.2) is 53.4 Å². The average molecular weight is 442 g/mol. The molecule has 1 aliphatic rings. The van der Waals surface area contributed by atoms with Crippen molar-refractivity contribution >= 4 is 40.3 Å². The topological polar surface area (TPSA) is 38.8 Å². The monoisotopic (exact) mass is 441 g/mol. The van der Waals surface area contributed by atoms with Gasteiger partial charge in [0.15, 0.2) is 0 Å². The van der Waals surface area contributed by atoms with E-state index < -0.39 is 0 Å². The summed E-state index contributed by atoms with van der Waals surface area (Å²) in [4.78, 5) is 14.3. The van der Waals surface area contributed by atoms with Crippen LogP contribution in [0.5, 0.6) is 11.5 Å². The summed E-state index contributed by atoms with van der Waals surface area (Å²) < 4.78 is 12.5. The van der Waals surface area contributed by atoms with Gasteiger partial charge in [-0.15, -0.1) is 0 Å². The Kier molecular flexibility index (Phi) is 7.94. The summed E-state index contributed by atoms with van der Waals surface area (Å²) >= 11 is 6.50. The van der Waals surface area contributed by atoms with Crippen molar-refractivity contribution in [3.63, 3.8) is 0 Å². The minimum absolute atomic E-state index is 0.0638. The smallest absolute Gasteiger partial charge is 0.265 e. The molecule has 4 nitrogen and oxygen atoms in total. The zero-order chi connectivity index (χ0) is 21.5. The number of amides is 1. The molecule has 0 unspecified atom stereocenters. The molecule has 30 heavy (non-hydrogen) atoms. The van der Waals surface area contributed by atoms with Crippen LogP contribution in [0.4, 0.5) is 0 Å². The van der Waals surface area contributed by atoms with E-state index in [1.54, 1.807) is 7.05 Å². The van der Waals surface area contributed by atoms with E-state index in [4.69, 9.17) is 21.7 Å². The van der Waals surface area contributed by atoms with E-state index in [0.29, 0.717) is 28.4 Å². The second-order valence-electron chi connectivity index (χ2n) is 7.21. The maximum absolute atomic E-state index is 12.2. The van der Waals surface area contributed by atoms with Crippen molar-refractivity contribution in [3.05, 3.63) is 64.6 Å². The first-order valence-corrected chi connectivity index (χ1v) is 11.4. The highest BCUT2D eigenvalue weighted by Gasteiger charge is 2.28. The number of thioether (sulfide) groups is 1. The third kappa shape index (κ3) is 5.64. The van der Waals surface area contributed by atoms with Crippen molar-refractivity contribution in [1.82, 2.24) is 4.90 Å². The first-order chi connectivity index (χ1) is 14.5. The second kappa shape index (κ2) is 10.6. The van der Waals surface area contributed by atoms with Gasteiger partial charge in [0.2, 0.25) is 0 Å². The third-order valence-corrected chi connectivity index (χ3v) is 6.50. The lowest BCUT2D eigenvalue weighted by molar-refractivity contribution is -0.121. The van der Waals surface area contributed by atoms with Crippen LogP contribution < -0.4 is 9.47 Å². The number of thiocarbonyl (C=S) groups is 1. The van der Waals surface area contributed by atoms with Crippen LogP contribution in [0.25, 0.3) is 6.08 Å². The van der Waals surface area contributed by atoms with Crippen LogP contribution in [0.1, 0.15) is 43.7 Å². The molecule has 0 radical (unpaired) electrons. The second-order valence-corrected chi connectivity index (χ2v) is 8.89. The number of rotatable bonds is 9. The molecule has 1 heterocycles. The highest BCUT2D eigenvalue weighted by atomic mass is 32.2. The van der Waals surface area contributed by atoms with Crippen molar-refractivity contribution < 1.29 is 14.3 Å². The summed E-state index contributed by atoms with van der Waals surface area (Å²) in [6, 6.07) is 16.0. The van der Waals surface area contributed by atoms with E-state index in [1.807, 2.05) is 42.5 Å². The van der Waals surface area contributed by atoms with Crippen molar-refractivity contribution in [2.45, 2.75) is 32.6 Å². The number of ether oxygens (including phenoxy) is 2. The number of benzene rings is 2. The molecule has 0 aliphatic carbocycles. The molecule has 2 aromatic carbocycles. The molecule has 1 atom stereocenters. The van der Waals surface area contributed by atoms with Gasteiger partial charge >= 0.3 is 0 Å². The maximum atomic E-state index is 12.2. The van der Waals surface area contributed by atoms with E-state index in [1.165, 1.54) is 22.2 Å². The van der Waals surface area contributed by atoms with Crippen LogP contribution in [-0.2, 0) is 4.79 Å². The molecule has 6 heteroatoms. The number of nitrogens with zero attached hydrogens (tertiary/aromatic N) is 1. The molecule has 0 N–H and O–H groups in total. The number of para-hydroxylation sites is 1. The molecule has 2 aromatic rings. The molecule has 0 saturated carbocycles. The van der Waals surface area contributed by atoms with Crippen LogP contribution in [-0.4, -0.2) is 35.4 Å². The van der Waals surface area contributed by atoms with E-state index in [-0.39, 0.29) is 5.91 Å². The van der Waals surface area contributed by atoms with Crippen molar-refractivity contribution in [3.8, 4) is 11.5 Å². The van der Waals surface area contributed by atoms with Crippen molar-refractivity contribution in [2.75, 3.05) is 20.3 Å². The number of carbonyl (C=O) groups is 1. The predicted molar refractivity (Wildman–Crippen MR) is 128 cm³/mol. The van der Waals surface area contributed by atoms with Gasteiger partial charge in [-0.3, -0.25) is 9.69 Å². The van der Waals surface area contributed by atoms with Gasteiger partial charge in [-0.1, -0.05) is 68.2 Å². The number of hydrogen-bond donors (Lipinski definition) is 0. The van der Waals surface area contributed by atoms with Gasteiger partial charge in [0.25, 0.3) is 5.91 Å². The molecule has 0 aromatic heterocycles. The largest absolute Gasteiger partial charge is 0.493 e. The zero-order valence-electron chi connectivity index (χ0n) is 17.6. The summed E-state index contributed by atoms with van der Waals surface area (Å²) in [6.07, 6.45) is 3.72. The van der Waals surface area contributed by atoms with Crippen LogP contribution >= 0.6 is 24.0 Å². The molecule has 3 rings (SSSR count). The summed E-state index contributed by atoms with van der Waals surface area (Å²) in [5.74, 6) is 2.15. The maximum Gasteiger partial charge on any atom is 0.265 e. The van der Waals surface area contributed by atoms with E-state index >= 15 is 0 Å². The van der Waals surface area contributed by atoms with Crippen LogP contribution in [0.2, 0.25) is 0 Å². The molecule has 1 saturated heterocycles. The summed E-state index contributed by atoms with van der Waals surface area (Å²) in [7, 11) is 1.70. The van der Waals surface area contributed by atoms with E-state index in [2.05, 4.69) is 26.0 Å². The number of carbonyl (C=O) groups excluding carboxylic acids is 1. The SMILES string of the molecule is CC[C@@H](C)c1ccccc1OCCCOc1cccc(/C=C2\SC(=S)N(C)C2=O)c1. The Labute approximate surface area is 188 Å². The fraction of sp³-hybridized carbons (Fsp3) is 0.333. The van der Waals surface area contributed by atoms with E-state index in [0.717, 1.165) is 29.9 Å². The van der Waals surface area contributed by atoms with Gasteiger partial charge in [-0.2, -0.15) is 0 Å². The Bertz CT molecular complexity index is 942. The van der Waals surface area contributed by atoms with Gasteiger partial charge < -0.3 is 9.47 Å². The van der Waals surface area contributed by atoms with Gasteiger partial charge in [0.1, 0.15) is 15.8 Å². The molecule has 1 amide bonds. The molecule has 0 bridgehead atoms. The average Bonchev–Trinajstić information content (AvgIpc) is 3.00. The Morgan fingerprint density at radius 2 is 1.90 bits per heavy atom. The highest BCUT2D eigenvalue weighted by molar-refractivity contribution is 8.26.